The molecule has 0 radical (unpaired) electrons. The van der Waals surface area contributed by atoms with Gasteiger partial charge in [0.25, 0.3) is 0 Å². The van der Waals surface area contributed by atoms with E-state index in [1.54, 1.807) is 30.0 Å². The van der Waals surface area contributed by atoms with Crippen molar-refractivity contribution in [2.24, 2.45) is 5.92 Å². The van der Waals surface area contributed by atoms with Crippen LogP contribution in [-0.2, 0) is 4.84 Å². The Labute approximate surface area is 153 Å². The van der Waals surface area contributed by atoms with Gasteiger partial charge in [0.1, 0.15) is 23.2 Å². The molecule has 2 atom stereocenters. The Hall–Kier alpha value is -2.44. The van der Waals surface area contributed by atoms with Gasteiger partial charge in [-0.15, -0.1) is 0 Å². The minimum absolute atomic E-state index is 0.0376. The van der Waals surface area contributed by atoms with Crippen LogP contribution in [0.15, 0.2) is 42.6 Å². The third-order valence-corrected chi connectivity index (χ3v) is 4.70. The Morgan fingerprint density at radius 2 is 1.88 bits per heavy atom. The zero-order valence-corrected chi connectivity index (χ0v) is 15.5. The minimum atomic E-state index is -0.0561. The highest BCUT2D eigenvalue weighted by Crippen LogP contribution is 2.38. The summed E-state index contributed by atoms with van der Waals surface area (Å²) in [5.41, 5.74) is 5.67. The molecule has 0 bridgehead atoms. The second-order valence-electron chi connectivity index (χ2n) is 6.85. The van der Waals surface area contributed by atoms with Crippen molar-refractivity contribution in [1.29, 1.82) is 10.8 Å². The number of fused-ring (bicyclic) bond motifs is 1. The fourth-order valence-corrected chi connectivity index (χ4v) is 3.33. The van der Waals surface area contributed by atoms with Gasteiger partial charge in [0, 0.05) is 5.92 Å². The first-order valence-electron chi connectivity index (χ1n) is 8.91. The SMILES string of the molecule is CON[C@H]1CC[C@@H](Oc2ccc(=N)n(C(=N)C(C)C)c2)c2ccccc21. The minimum Gasteiger partial charge on any atom is -0.484 e. The van der Waals surface area contributed by atoms with E-state index < -0.39 is 0 Å². The average molecular weight is 354 g/mol. The summed E-state index contributed by atoms with van der Waals surface area (Å²) < 4.78 is 7.84. The average Bonchev–Trinajstić information content (AvgIpc) is 2.64. The van der Waals surface area contributed by atoms with Gasteiger partial charge in [0.2, 0.25) is 0 Å². The molecule has 0 spiro atoms. The Bertz CT molecular complexity index is 844. The molecule has 1 aromatic heterocycles. The van der Waals surface area contributed by atoms with Crippen molar-refractivity contribution in [3.8, 4) is 5.75 Å². The molecule has 1 aliphatic carbocycles. The molecule has 3 N–H and O–H groups in total. The van der Waals surface area contributed by atoms with Crippen molar-refractivity contribution in [2.75, 3.05) is 7.11 Å². The van der Waals surface area contributed by atoms with Gasteiger partial charge >= 0.3 is 0 Å². The van der Waals surface area contributed by atoms with E-state index in [-0.39, 0.29) is 23.6 Å². The van der Waals surface area contributed by atoms with E-state index in [0.29, 0.717) is 11.6 Å². The number of aromatic nitrogens is 1. The first kappa shape index (κ1) is 18.4. The smallest absolute Gasteiger partial charge is 0.137 e. The zero-order chi connectivity index (χ0) is 18.7. The predicted molar refractivity (Wildman–Crippen MR) is 100 cm³/mol. The summed E-state index contributed by atoms with van der Waals surface area (Å²) >= 11 is 0. The lowest BCUT2D eigenvalue weighted by molar-refractivity contribution is 0.0459. The Morgan fingerprint density at radius 3 is 2.58 bits per heavy atom. The normalized spacial score (nSPS) is 19.2. The number of nitrogens with zero attached hydrogens (tertiary/aromatic N) is 1. The number of hydroxylamine groups is 1. The molecule has 0 saturated carbocycles. The maximum Gasteiger partial charge on any atom is 0.137 e. The van der Waals surface area contributed by atoms with Crippen LogP contribution in [0.3, 0.4) is 0 Å². The summed E-state index contributed by atoms with van der Waals surface area (Å²) in [4.78, 5) is 5.13. The number of ether oxygens (including phenoxy) is 1. The fraction of sp³-hybridized carbons (Fsp3) is 0.400. The van der Waals surface area contributed by atoms with Gasteiger partial charge in [-0.25, -0.2) is 0 Å². The highest BCUT2D eigenvalue weighted by atomic mass is 16.6. The number of hydrogen-bond donors (Lipinski definition) is 3. The van der Waals surface area contributed by atoms with E-state index in [1.807, 2.05) is 26.0 Å². The molecule has 0 fully saturated rings. The van der Waals surface area contributed by atoms with Crippen LogP contribution in [0.5, 0.6) is 5.75 Å². The molecule has 0 saturated heterocycles. The largest absolute Gasteiger partial charge is 0.484 e. The zero-order valence-electron chi connectivity index (χ0n) is 15.5. The number of pyridine rings is 1. The summed E-state index contributed by atoms with van der Waals surface area (Å²) in [7, 11) is 1.63. The first-order valence-corrected chi connectivity index (χ1v) is 8.91. The molecule has 26 heavy (non-hydrogen) atoms. The van der Waals surface area contributed by atoms with Crippen molar-refractivity contribution in [3.05, 3.63) is 59.2 Å². The molecule has 1 heterocycles. The number of nitrogens with one attached hydrogen (secondary N) is 3. The van der Waals surface area contributed by atoms with Gasteiger partial charge in [0.05, 0.1) is 19.3 Å². The molecule has 3 rings (SSSR count). The lowest BCUT2D eigenvalue weighted by Crippen LogP contribution is -2.30. The van der Waals surface area contributed by atoms with Crippen molar-refractivity contribution in [1.82, 2.24) is 10.0 Å². The van der Waals surface area contributed by atoms with Crippen LogP contribution in [0.25, 0.3) is 0 Å². The molecular formula is C20H26N4O2. The number of rotatable bonds is 5. The van der Waals surface area contributed by atoms with Gasteiger partial charge in [-0.3, -0.25) is 15.4 Å². The molecule has 0 aliphatic heterocycles. The fourth-order valence-electron chi connectivity index (χ4n) is 3.33. The van der Waals surface area contributed by atoms with Gasteiger partial charge in [0.15, 0.2) is 0 Å². The summed E-state index contributed by atoms with van der Waals surface area (Å²) in [6.07, 6.45) is 3.46. The maximum atomic E-state index is 8.20. The van der Waals surface area contributed by atoms with Crippen LogP contribution in [-0.4, -0.2) is 17.5 Å². The van der Waals surface area contributed by atoms with Crippen LogP contribution in [0.4, 0.5) is 0 Å². The van der Waals surface area contributed by atoms with E-state index >= 15 is 0 Å². The standard InChI is InChI=1S/C20H26N4O2/c1-13(2)20(22)24-12-14(8-11-19(24)21)26-18-10-9-17(23-25-3)15-6-4-5-7-16(15)18/h4-8,11-13,17-18,21-23H,9-10H2,1-3H3/t17-,18+/m0/s1. The van der Waals surface area contributed by atoms with E-state index in [4.69, 9.17) is 20.4 Å². The summed E-state index contributed by atoms with van der Waals surface area (Å²) in [6.45, 7) is 3.89. The first-order chi connectivity index (χ1) is 12.5. The number of benzene rings is 1. The third-order valence-electron chi connectivity index (χ3n) is 4.70. The monoisotopic (exact) mass is 354 g/mol. The molecular weight excluding hydrogens is 328 g/mol. The summed E-state index contributed by atoms with van der Waals surface area (Å²) in [5.74, 6) is 1.09. The third kappa shape index (κ3) is 3.71. The molecule has 0 unspecified atom stereocenters. The van der Waals surface area contributed by atoms with Crippen LogP contribution >= 0.6 is 0 Å². The van der Waals surface area contributed by atoms with Crippen LogP contribution in [0.2, 0.25) is 0 Å². The lowest BCUT2D eigenvalue weighted by Gasteiger charge is -2.31. The highest BCUT2D eigenvalue weighted by molar-refractivity contribution is 5.83. The summed E-state index contributed by atoms with van der Waals surface area (Å²) in [5, 5.41) is 16.2. The number of hydrogen-bond acceptors (Lipinski definition) is 5. The lowest BCUT2D eigenvalue weighted by atomic mass is 9.86. The van der Waals surface area contributed by atoms with E-state index in [9.17, 15) is 0 Å². The molecule has 138 valence electrons. The Balaban J connectivity index is 1.88. The molecule has 6 heteroatoms. The molecule has 0 amide bonds. The molecule has 6 nitrogen and oxygen atoms in total. The molecule has 1 aromatic carbocycles. The van der Waals surface area contributed by atoms with Gasteiger partial charge < -0.3 is 9.57 Å². The van der Waals surface area contributed by atoms with Gasteiger partial charge in [-0.05, 0) is 36.1 Å². The maximum absolute atomic E-state index is 8.20. The summed E-state index contributed by atoms with van der Waals surface area (Å²) in [6, 6.07) is 11.9. The van der Waals surface area contributed by atoms with Crippen molar-refractivity contribution in [2.45, 2.75) is 38.8 Å². The second-order valence-corrected chi connectivity index (χ2v) is 6.85. The highest BCUT2D eigenvalue weighted by Gasteiger charge is 2.28. The van der Waals surface area contributed by atoms with Gasteiger partial charge in [-0.2, -0.15) is 5.48 Å². The predicted octanol–water partition coefficient (Wildman–Crippen LogP) is 3.55. The Kier molecular flexibility index (Phi) is 5.54. The van der Waals surface area contributed by atoms with Crippen LogP contribution in [0.1, 0.15) is 50.0 Å². The second kappa shape index (κ2) is 7.85. The van der Waals surface area contributed by atoms with E-state index in [0.717, 1.165) is 18.4 Å². The molecule has 2 aromatic rings. The van der Waals surface area contributed by atoms with Crippen LogP contribution < -0.4 is 15.7 Å². The van der Waals surface area contributed by atoms with Crippen LogP contribution in [0, 0.1) is 16.7 Å². The Morgan fingerprint density at radius 1 is 1.15 bits per heavy atom. The van der Waals surface area contributed by atoms with Gasteiger partial charge in [-0.1, -0.05) is 38.1 Å². The van der Waals surface area contributed by atoms with Crippen molar-refractivity contribution in [3.63, 3.8) is 0 Å². The quantitative estimate of drug-likeness (QED) is 0.436. The van der Waals surface area contributed by atoms with E-state index in [2.05, 4.69) is 17.6 Å². The van der Waals surface area contributed by atoms with Crippen molar-refractivity contribution >= 4 is 5.84 Å². The molecule has 1 aliphatic rings. The van der Waals surface area contributed by atoms with Crippen molar-refractivity contribution < 1.29 is 9.57 Å². The topological polar surface area (TPSA) is 83.1 Å². The van der Waals surface area contributed by atoms with E-state index in [1.165, 1.54) is 5.56 Å².